The average Bonchev–Trinajstić information content (AvgIpc) is 2.69. The second-order valence-corrected chi connectivity index (χ2v) is 3.37. The highest BCUT2D eigenvalue weighted by atomic mass is 16.4. The van der Waals surface area contributed by atoms with Gasteiger partial charge in [0.25, 0.3) is 5.91 Å². The molecule has 0 radical (unpaired) electrons. The first-order chi connectivity index (χ1) is 7.56. The molecular formula is C9H14N4O3. The van der Waals surface area contributed by atoms with Gasteiger partial charge >= 0.3 is 5.97 Å². The second kappa shape index (κ2) is 5.24. The van der Waals surface area contributed by atoms with E-state index in [9.17, 15) is 9.59 Å². The molecule has 1 amide bonds. The van der Waals surface area contributed by atoms with Gasteiger partial charge < -0.3 is 10.0 Å². The van der Waals surface area contributed by atoms with Gasteiger partial charge in [-0.3, -0.25) is 14.7 Å². The van der Waals surface area contributed by atoms with Crippen LogP contribution >= 0.6 is 0 Å². The monoisotopic (exact) mass is 226 g/mol. The molecule has 0 spiro atoms. The number of aromatic amines is 1. The number of hydrogen-bond acceptors (Lipinski definition) is 4. The highest BCUT2D eigenvalue weighted by Gasteiger charge is 2.23. The number of hydrogen-bond donors (Lipinski definition) is 2. The molecule has 1 aromatic heterocycles. The van der Waals surface area contributed by atoms with Gasteiger partial charge in [0, 0.05) is 12.6 Å². The first kappa shape index (κ1) is 12.2. The first-order valence-corrected chi connectivity index (χ1v) is 4.94. The average molecular weight is 226 g/mol. The van der Waals surface area contributed by atoms with E-state index < -0.39 is 5.97 Å². The molecule has 1 aromatic rings. The quantitative estimate of drug-likeness (QED) is 0.743. The molecule has 1 rings (SSSR count). The zero-order valence-corrected chi connectivity index (χ0v) is 9.17. The molecule has 0 saturated carbocycles. The van der Waals surface area contributed by atoms with Crippen LogP contribution in [0, 0.1) is 0 Å². The van der Waals surface area contributed by atoms with E-state index in [1.165, 1.54) is 11.2 Å². The molecule has 16 heavy (non-hydrogen) atoms. The Morgan fingerprint density at radius 3 is 2.75 bits per heavy atom. The van der Waals surface area contributed by atoms with Crippen molar-refractivity contribution < 1.29 is 14.7 Å². The number of H-pyrrole nitrogens is 1. The number of carboxylic acid groups (broad SMARTS) is 1. The molecule has 0 aliphatic carbocycles. The van der Waals surface area contributed by atoms with Gasteiger partial charge in [-0.2, -0.15) is 5.10 Å². The topological polar surface area (TPSA) is 99.2 Å². The van der Waals surface area contributed by atoms with Crippen LogP contribution in [0.4, 0.5) is 0 Å². The Hall–Kier alpha value is -1.92. The van der Waals surface area contributed by atoms with E-state index in [1.54, 1.807) is 13.8 Å². The molecular weight excluding hydrogens is 212 g/mol. The molecule has 0 aromatic carbocycles. The summed E-state index contributed by atoms with van der Waals surface area (Å²) < 4.78 is 0. The number of aliphatic carboxylic acids is 1. The molecule has 0 saturated heterocycles. The van der Waals surface area contributed by atoms with Crippen LogP contribution in [0.25, 0.3) is 0 Å². The molecule has 1 unspecified atom stereocenters. The van der Waals surface area contributed by atoms with Gasteiger partial charge in [-0.15, -0.1) is 0 Å². The Morgan fingerprint density at radius 2 is 2.31 bits per heavy atom. The van der Waals surface area contributed by atoms with Gasteiger partial charge in [0.15, 0.2) is 0 Å². The Kier molecular flexibility index (Phi) is 3.98. The van der Waals surface area contributed by atoms with Crippen LogP contribution in [0.2, 0.25) is 0 Å². The number of aromatic nitrogens is 3. The molecule has 7 heteroatoms. The Labute approximate surface area is 92.5 Å². The van der Waals surface area contributed by atoms with E-state index in [0.717, 1.165) is 0 Å². The van der Waals surface area contributed by atoms with E-state index in [0.29, 0.717) is 6.54 Å². The first-order valence-electron chi connectivity index (χ1n) is 4.94. The van der Waals surface area contributed by atoms with E-state index in [1.807, 2.05) is 0 Å². The predicted octanol–water partition coefficient (Wildman–Crippen LogP) is 0.130. The Balaban J connectivity index is 2.74. The number of rotatable bonds is 5. The maximum Gasteiger partial charge on any atom is 0.305 e. The minimum absolute atomic E-state index is 0.0896. The van der Waals surface area contributed by atoms with Crippen molar-refractivity contribution in [3.63, 3.8) is 0 Å². The summed E-state index contributed by atoms with van der Waals surface area (Å²) in [6.07, 6.45) is 1.15. The fourth-order valence-electron chi connectivity index (χ4n) is 1.46. The highest BCUT2D eigenvalue weighted by molar-refractivity contribution is 5.90. The zero-order valence-electron chi connectivity index (χ0n) is 9.17. The highest BCUT2D eigenvalue weighted by Crippen LogP contribution is 2.07. The third kappa shape index (κ3) is 2.78. The van der Waals surface area contributed by atoms with Gasteiger partial charge in [-0.25, -0.2) is 4.98 Å². The predicted molar refractivity (Wildman–Crippen MR) is 54.8 cm³/mol. The summed E-state index contributed by atoms with van der Waals surface area (Å²) in [5, 5.41) is 14.7. The van der Waals surface area contributed by atoms with Gasteiger partial charge in [0.05, 0.1) is 6.42 Å². The standard InChI is InChI=1S/C9H14N4O3/c1-3-13(6(2)4-7(14)15)9(16)8-10-5-11-12-8/h5-6H,3-4H2,1-2H3,(H,14,15)(H,10,11,12). The van der Waals surface area contributed by atoms with Crippen LogP contribution in [0.3, 0.4) is 0 Å². The molecule has 0 bridgehead atoms. The molecule has 1 heterocycles. The van der Waals surface area contributed by atoms with Crippen LogP contribution < -0.4 is 0 Å². The normalized spacial score (nSPS) is 12.1. The summed E-state index contributed by atoms with van der Waals surface area (Å²) >= 11 is 0. The van der Waals surface area contributed by atoms with Gasteiger partial charge in [0.2, 0.25) is 5.82 Å². The van der Waals surface area contributed by atoms with Crippen molar-refractivity contribution in [1.82, 2.24) is 20.1 Å². The van der Waals surface area contributed by atoms with Crippen molar-refractivity contribution in [2.24, 2.45) is 0 Å². The SMILES string of the molecule is CCN(C(=O)c1ncn[nH]1)C(C)CC(=O)O. The molecule has 2 N–H and O–H groups in total. The van der Waals surface area contributed by atoms with Gasteiger partial charge in [-0.1, -0.05) is 0 Å². The molecule has 7 nitrogen and oxygen atoms in total. The van der Waals surface area contributed by atoms with Crippen molar-refractivity contribution in [1.29, 1.82) is 0 Å². The number of nitrogens with one attached hydrogen (secondary N) is 1. The Bertz CT molecular complexity index is 363. The lowest BCUT2D eigenvalue weighted by Gasteiger charge is -2.25. The lowest BCUT2D eigenvalue weighted by atomic mass is 10.2. The van der Waals surface area contributed by atoms with Crippen LogP contribution in [0.5, 0.6) is 0 Å². The van der Waals surface area contributed by atoms with Crippen LogP contribution in [0.1, 0.15) is 30.9 Å². The molecule has 1 atom stereocenters. The van der Waals surface area contributed by atoms with E-state index in [4.69, 9.17) is 5.11 Å². The van der Waals surface area contributed by atoms with Crippen LogP contribution in [0.15, 0.2) is 6.33 Å². The summed E-state index contributed by atoms with van der Waals surface area (Å²) in [7, 11) is 0. The lowest BCUT2D eigenvalue weighted by molar-refractivity contribution is -0.138. The summed E-state index contributed by atoms with van der Waals surface area (Å²) in [6.45, 7) is 3.90. The number of amides is 1. The van der Waals surface area contributed by atoms with Crippen LogP contribution in [-0.4, -0.2) is 49.7 Å². The summed E-state index contributed by atoms with van der Waals surface area (Å²) in [4.78, 5) is 27.6. The van der Waals surface area contributed by atoms with Crippen molar-refractivity contribution in [2.75, 3.05) is 6.54 Å². The molecule has 88 valence electrons. The Morgan fingerprint density at radius 1 is 1.62 bits per heavy atom. The fourth-order valence-corrected chi connectivity index (χ4v) is 1.46. The number of carbonyl (C=O) groups excluding carboxylic acids is 1. The summed E-state index contributed by atoms with van der Waals surface area (Å²) in [6, 6.07) is -0.375. The third-order valence-corrected chi connectivity index (χ3v) is 2.22. The van der Waals surface area contributed by atoms with Crippen LogP contribution in [-0.2, 0) is 4.79 Å². The number of carboxylic acids is 1. The minimum atomic E-state index is -0.934. The number of carbonyl (C=O) groups is 2. The van der Waals surface area contributed by atoms with Crippen molar-refractivity contribution in [2.45, 2.75) is 26.3 Å². The second-order valence-electron chi connectivity index (χ2n) is 3.37. The van der Waals surface area contributed by atoms with E-state index in [2.05, 4.69) is 15.2 Å². The molecule has 0 fully saturated rings. The minimum Gasteiger partial charge on any atom is -0.481 e. The summed E-state index contributed by atoms with van der Waals surface area (Å²) in [5.41, 5.74) is 0. The molecule has 0 aliphatic rings. The summed E-state index contributed by atoms with van der Waals surface area (Å²) in [5.74, 6) is -1.15. The van der Waals surface area contributed by atoms with E-state index in [-0.39, 0.29) is 24.2 Å². The largest absolute Gasteiger partial charge is 0.481 e. The van der Waals surface area contributed by atoms with Crippen molar-refractivity contribution in [3.05, 3.63) is 12.2 Å². The molecule has 0 aliphatic heterocycles. The maximum absolute atomic E-state index is 11.9. The van der Waals surface area contributed by atoms with E-state index >= 15 is 0 Å². The smallest absolute Gasteiger partial charge is 0.305 e. The fraction of sp³-hybridized carbons (Fsp3) is 0.556. The third-order valence-electron chi connectivity index (χ3n) is 2.22. The van der Waals surface area contributed by atoms with Crippen molar-refractivity contribution in [3.8, 4) is 0 Å². The lowest BCUT2D eigenvalue weighted by Crippen LogP contribution is -2.40. The van der Waals surface area contributed by atoms with Gasteiger partial charge in [0.1, 0.15) is 6.33 Å². The zero-order chi connectivity index (χ0) is 12.1. The number of nitrogens with zero attached hydrogens (tertiary/aromatic N) is 3. The van der Waals surface area contributed by atoms with Crippen molar-refractivity contribution >= 4 is 11.9 Å². The van der Waals surface area contributed by atoms with Gasteiger partial charge in [-0.05, 0) is 13.8 Å². The maximum atomic E-state index is 11.9.